The second-order valence-electron chi connectivity index (χ2n) is 5.79. The van der Waals surface area contributed by atoms with Crippen LogP contribution in [-0.2, 0) is 7.05 Å². The van der Waals surface area contributed by atoms with E-state index in [4.69, 9.17) is 11.6 Å². The van der Waals surface area contributed by atoms with Crippen molar-refractivity contribution in [3.8, 4) is 0 Å². The third-order valence-corrected chi connectivity index (χ3v) is 4.34. The Kier molecular flexibility index (Phi) is 4.31. The van der Waals surface area contributed by atoms with Gasteiger partial charge in [-0.1, -0.05) is 11.6 Å². The Morgan fingerprint density at radius 1 is 1.41 bits per heavy atom. The van der Waals surface area contributed by atoms with Gasteiger partial charge in [0.2, 0.25) is 0 Å². The monoisotopic (exact) mass is 321 g/mol. The van der Waals surface area contributed by atoms with E-state index in [9.17, 15) is 5.11 Å². The number of hydrogen-bond acceptors (Lipinski definition) is 5. The van der Waals surface area contributed by atoms with Crippen molar-refractivity contribution in [2.75, 3.05) is 18.0 Å². The SMILES string of the molecule is Cc1nc(Cl)cc(N2CCCC(C(O)c3nccn3C)C2)n1. The van der Waals surface area contributed by atoms with Crippen molar-refractivity contribution >= 4 is 17.4 Å². The van der Waals surface area contributed by atoms with Crippen molar-refractivity contribution in [1.29, 1.82) is 0 Å². The number of halogens is 1. The normalized spacial score (nSPS) is 20.2. The molecule has 0 radical (unpaired) electrons. The standard InChI is InChI=1S/C15H20ClN5O/c1-10-18-12(16)8-13(19-10)21-6-3-4-11(9-21)14(22)15-17-5-7-20(15)2/h5,7-8,11,14,22H,3-4,6,9H2,1-2H3. The molecule has 0 spiro atoms. The van der Waals surface area contributed by atoms with Gasteiger partial charge >= 0.3 is 0 Å². The minimum Gasteiger partial charge on any atom is -0.385 e. The summed E-state index contributed by atoms with van der Waals surface area (Å²) in [6, 6.07) is 1.78. The van der Waals surface area contributed by atoms with Crippen LogP contribution in [0, 0.1) is 12.8 Å². The molecule has 3 heterocycles. The van der Waals surface area contributed by atoms with Crippen molar-refractivity contribution in [1.82, 2.24) is 19.5 Å². The lowest BCUT2D eigenvalue weighted by Gasteiger charge is -2.35. The van der Waals surface area contributed by atoms with Gasteiger partial charge < -0.3 is 14.6 Å². The van der Waals surface area contributed by atoms with E-state index in [2.05, 4.69) is 19.9 Å². The number of nitrogens with zero attached hydrogens (tertiary/aromatic N) is 5. The van der Waals surface area contributed by atoms with E-state index in [0.717, 1.165) is 31.7 Å². The zero-order chi connectivity index (χ0) is 15.7. The van der Waals surface area contributed by atoms with E-state index in [1.54, 1.807) is 12.3 Å². The van der Waals surface area contributed by atoms with E-state index < -0.39 is 6.10 Å². The summed E-state index contributed by atoms with van der Waals surface area (Å²) in [5, 5.41) is 11.1. The summed E-state index contributed by atoms with van der Waals surface area (Å²) >= 11 is 6.03. The molecule has 2 aromatic rings. The summed E-state index contributed by atoms with van der Waals surface area (Å²) < 4.78 is 1.87. The number of aromatic nitrogens is 4. The van der Waals surface area contributed by atoms with Gasteiger partial charge in [0.15, 0.2) is 0 Å². The highest BCUT2D eigenvalue weighted by atomic mass is 35.5. The Morgan fingerprint density at radius 3 is 2.91 bits per heavy atom. The highest BCUT2D eigenvalue weighted by Gasteiger charge is 2.29. The van der Waals surface area contributed by atoms with Gasteiger partial charge in [0.1, 0.15) is 28.7 Å². The molecule has 1 aliphatic heterocycles. The molecule has 7 heteroatoms. The van der Waals surface area contributed by atoms with Crippen LogP contribution in [-0.4, -0.2) is 37.7 Å². The fourth-order valence-electron chi connectivity index (χ4n) is 3.03. The van der Waals surface area contributed by atoms with Gasteiger partial charge in [-0.3, -0.25) is 0 Å². The molecule has 22 heavy (non-hydrogen) atoms. The Bertz CT molecular complexity index is 639. The number of aliphatic hydroxyl groups excluding tert-OH is 1. The number of piperidine rings is 1. The largest absolute Gasteiger partial charge is 0.385 e. The van der Waals surface area contributed by atoms with Crippen LogP contribution in [0.1, 0.15) is 30.6 Å². The van der Waals surface area contributed by atoms with Gasteiger partial charge in [0, 0.05) is 44.5 Å². The van der Waals surface area contributed by atoms with E-state index in [1.807, 2.05) is 24.7 Å². The molecule has 0 aromatic carbocycles. The molecule has 2 aromatic heterocycles. The lowest BCUT2D eigenvalue weighted by molar-refractivity contribution is 0.0873. The topological polar surface area (TPSA) is 67.1 Å². The Morgan fingerprint density at radius 2 is 2.23 bits per heavy atom. The highest BCUT2D eigenvalue weighted by Crippen LogP contribution is 2.31. The summed E-state index contributed by atoms with van der Waals surface area (Å²) in [6.45, 7) is 3.48. The number of aliphatic hydroxyl groups is 1. The predicted octanol–water partition coefficient (Wildman–Crippen LogP) is 2.12. The molecule has 2 atom stereocenters. The Balaban J connectivity index is 1.78. The summed E-state index contributed by atoms with van der Waals surface area (Å²) in [6.07, 6.45) is 4.98. The zero-order valence-electron chi connectivity index (χ0n) is 12.8. The Hall–Kier alpha value is -1.66. The van der Waals surface area contributed by atoms with E-state index in [1.165, 1.54) is 0 Å². The summed E-state index contributed by atoms with van der Waals surface area (Å²) in [5.74, 6) is 2.33. The van der Waals surface area contributed by atoms with Crippen LogP contribution in [0.15, 0.2) is 18.5 Å². The highest BCUT2D eigenvalue weighted by molar-refractivity contribution is 6.29. The third-order valence-electron chi connectivity index (χ3n) is 4.14. The second-order valence-corrected chi connectivity index (χ2v) is 6.17. The summed E-state index contributed by atoms with van der Waals surface area (Å²) in [4.78, 5) is 15.0. The maximum Gasteiger partial charge on any atom is 0.137 e. The molecule has 0 amide bonds. The molecule has 1 N–H and O–H groups in total. The van der Waals surface area contributed by atoms with Crippen LogP contribution in [0.3, 0.4) is 0 Å². The van der Waals surface area contributed by atoms with Crippen LogP contribution in [0.4, 0.5) is 5.82 Å². The number of rotatable bonds is 3. The van der Waals surface area contributed by atoms with Gasteiger partial charge in [-0.15, -0.1) is 0 Å². The fraction of sp³-hybridized carbons (Fsp3) is 0.533. The minimum atomic E-state index is -0.568. The molecule has 1 aliphatic rings. The number of hydrogen-bond donors (Lipinski definition) is 1. The zero-order valence-corrected chi connectivity index (χ0v) is 13.5. The van der Waals surface area contributed by atoms with Crippen LogP contribution in [0.2, 0.25) is 5.15 Å². The van der Waals surface area contributed by atoms with Crippen molar-refractivity contribution in [2.24, 2.45) is 13.0 Å². The molecule has 0 aliphatic carbocycles. The van der Waals surface area contributed by atoms with Crippen LogP contribution >= 0.6 is 11.6 Å². The molecule has 0 saturated carbocycles. The second kappa shape index (κ2) is 6.22. The van der Waals surface area contributed by atoms with Crippen LogP contribution < -0.4 is 4.90 Å². The first kappa shape index (κ1) is 15.2. The molecule has 3 rings (SSSR count). The number of imidazole rings is 1. The summed E-state index contributed by atoms with van der Waals surface area (Å²) in [5.41, 5.74) is 0. The average molecular weight is 322 g/mol. The summed E-state index contributed by atoms with van der Waals surface area (Å²) in [7, 11) is 1.90. The number of anilines is 1. The van der Waals surface area contributed by atoms with Gasteiger partial charge in [-0.25, -0.2) is 15.0 Å². The van der Waals surface area contributed by atoms with Gasteiger partial charge in [-0.2, -0.15) is 0 Å². The lowest BCUT2D eigenvalue weighted by atomic mass is 9.92. The maximum absolute atomic E-state index is 10.6. The fourth-order valence-corrected chi connectivity index (χ4v) is 3.25. The smallest absolute Gasteiger partial charge is 0.137 e. The van der Waals surface area contributed by atoms with Gasteiger partial charge in [0.25, 0.3) is 0 Å². The molecule has 1 fully saturated rings. The van der Waals surface area contributed by atoms with Crippen molar-refractivity contribution in [3.05, 3.63) is 35.3 Å². The third kappa shape index (κ3) is 3.08. The minimum absolute atomic E-state index is 0.129. The average Bonchev–Trinajstić information content (AvgIpc) is 2.92. The molecule has 1 saturated heterocycles. The van der Waals surface area contributed by atoms with Crippen molar-refractivity contribution < 1.29 is 5.11 Å². The molecular formula is C15H20ClN5O. The first-order valence-electron chi connectivity index (χ1n) is 7.46. The van der Waals surface area contributed by atoms with Crippen LogP contribution in [0.25, 0.3) is 0 Å². The van der Waals surface area contributed by atoms with Gasteiger partial charge in [-0.05, 0) is 19.8 Å². The first-order chi connectivity index (χ1) is 10.5. The quantitative estimate of drug-likeness (QED) is 0.877. The molecule has 0 bridgehead atoms. The van der Waals surface area contributed by atoms with E-state index in [0.29, 0.717) is 16.8 Å². The van der Waals surface area contributed by atoms with Crippen molar-refractivity contribution in [3.63, 3.8) is 0 Å². The van der Waals surface area contributed by atoms with E-state index in [-0.39, 0.29) is 5.92 Å². The molecular weight excluding hydrogens is 302 g/mol. The molecule has 6 nitrogen and oxygen atoms in total. The van der Waals surface area contributed by atoms with Crippen LogP contribution in [0.5, 0.6) is 0 Å². The Labute approximate surface area is 134 Å². The van der Waals surface area contributed by atoms with Crippen molar-refractivity contribution in [2.45, 2.75) is 25.9 Å². The molecule has 2 unspecified atom stereocenters. The lowest BCUT2D eigenvalue weighted by Crippen LogP contribution is -2.39. The molecule has 118 valence electrons. The predicted molar refractivity (Wildman–Crippen MR) is 84.9 cm³/mol. The first-order valence-corrected chi connectivity index (χ1v) is 7.84. The van der Waals surface area contributed by atoms with Gasteiger partial charge in [0.05, 0.1) is 0 Å². The maximum atomic E-state index is 10.6. The number of aryl methyl sites for hydroxylation is 2. The van der Waals surface area contributed by atoms with E-state index >= 15 is 0 Å².